The highest BCUT2D eigenvalue weighted by molar-refractivity contribution is 5.25. The van der Waals surface area contributed by atoms with Crippen molar-refractivity contribution in [2.24, 2.45) is 5.73 Å². The summed E-state index contributed by atoms with van der Waals surface area (Å²) < 4.78 is 5.21. The molecule has 1 aromatic carbocycles. The van der Waals surface area contributed by atoms with Crippen molar-refractivity contribution < 1.29 is 4.74 Å². The normalized spacial score (nSPS) is 14.6. The van der Waals surface area contributed by atoms with Gasteiger partial charge in [-0.1, -0.05) is 43.7 Å². The standard InChI is InChI=1S/C16H28N2O/c1-5-15(17)16(18(6-2)11-12-19-4)14-9-7-13(3)8-10-14/h7-10,15-16H,5-6,11-12,17H2,1-4H3. The van der Waals surface area contributed by atoms with Crippen molar-refractivity contribution in [3.8, 4) is 0 Å². The van der Waals surface area contributed by atoms with Crippen LogP contribution in [0.1, 0.15) is 37.4 Å². The van der Waals surface area contributed by atoms with Crippen molar-refractivity contribution in [2.45, 2.75) is 39.3 Å². The molecular weight excluding hydrogens is 236 g/mol. The van der Waals surface area contributed by atoms with E-state index in [0.29, 0.717) is 0 Å². The molecule has 0 heterocycles. The summed E-state index contributed by atoms with van der Waals surface area (Å²) in [5, 5.41) is 0. The van der Waals surface area contributed by atoms with Gasteiger partial charge in [-0.15, -0.1) is 0 Å². The van der Waals surface area contributed by atoms with Crippen LogP contribution in [0.5, 0.6) is 0 Å². The summed E-state index contributed by atoms with van der Waals surface area (Å²) in [6.07, 6.45) is 0.974. The van der Waals surface area contributed by atoms with Gasteiger partial charge in [-0.3, -0.25) is 4.90 Å². The van der Waals surface area contributed by atoms with E-state index in [9.17, 15) is 0 Å². The van der Waals surface area contributed by atoms with Gasteiger partial charge in [0.05, 0.1) is 6.61 Å². The molecule has 3 nitrogen and oxygen atoms in total. The number of nitrogens with two attached hydrogens (primary N) is 1. The van der Waals surface area contributed by atoms with Crippen LogP contribution >= 0.6 is 0 Å². The SMILES string of the molecule is CCC(N)C(c1ccc(C)cc1)N(CC)CCOC. The molecule has 3 heteroatoms. The summed E-state index contributed by atoms with van der Waals surface area (Å²) in [7, 11) is 1.74. The number of benzene rings is 1. The van der Waals surface area contributed by atoms with E-state index in [2.05, 4.69) is 49.9 Å². The Balaban J connectivity index is 2.95. The predicted molar refractivity (Wildman–Crippen MR) is 81.3 cm³/mol. The number of aryl methyl sites for hydroxylation is 1. The molecule has 0 spiro atoms. The molecule has 0 saturated heterocycles. The van der Waals surface area contributed by atoms with E-state index in [0.717, 1.165) is 26.1 Å². The molecule has 108 valence electrons. The third-order valence-corrected chi connectivity index (χ3v) is 3.68. The van der Waals surface area contributed by atoms with E-state index in [-0.39, 0.29) is 12.1 Å². The lowest BCUT2D eigenvalue weighted by molar-refractivity contribution is 0.112. The Morgan fingerprint density at radius 1 is 1.21 bits per heavy atom. The molecular formula is C16H28N2O. The van der Waals surface area contributed by atoms with Gasteiger partial charge in [-0.05, 0) is 25.5 Å². The molecule has 2 N–H and O–H groups in total. The summed E-state index contributed by atoms with van der Waals surface area (Å²) in [5.74, 6) is 0. The predicted octanol–water partition coefficient (Wildman–Crippen LogP) is 2.74. The van der Waals surface area contributed by atoms with E-state index in [4.69, 9.17) is 10.5 Å². The molecule has 0 fully saturated rings. The van der Waals surface area contributed by atoms with Crippen LogP contribution < -0.4 is 5.73 Å². The van der Waals surface area contributed by atoms with E-state index >= 15 is 0 Å². The van der Waals surface area contributed by atoms with Gasteiger partial charge in [0.15, 0.2) is 0 Å². The second-order valence-corrected chi connectivity index (χ2v) is 5.05. The minimum absolute atomic E-state index is 0.152. The zero-order chi connectivity index (χ0) is 14.3. The fourth-order valence-electron chi connectivity index (χ4n) is 2.42. The second-order valence-electron chi connectivity index (χ2n) is 5.05. The van der Waals surface area contributed by atoms with Crippen LogP contribution in [0.3, 0.4) is 0 Å². The summed E-state index contributed by atoms with van der Waals surface area (Å²) in [5.41, 5.74) is 8.94. The zero-order valence-electron chi connectivity index (χ0n) is 12.7. The van der Waals surface area contributed by atoms with Gasteiger partial charge in [0, 0.05) is 25.7 Å². The first-order chi connectivity index (χ1) is 9.13. The van der Waals surface area contributed by atoms with Gasteiger partial charge in [0.1, 0.15) is 0 Å². The largest absolute Gasteiger partial charge is 0.383 e. The molecule has 0 radical (unpaired) electrons. The molecule has 0 aliphatic carbocycles. The molecule has 0 amide bonds. The van der Waals surface area contributed by atoms with Gasteiger partial charge in [0.2, 0.25) is 0 Å². The third-order valence-electron chi connectivity index (χ3n) is 3.68. The summed E-state index contributed by atoms with van der Waals surface area (Å²) >= 11 is 0. The average Bonchev–Trinajstić information content (AvgIpc) is 2.44. The summed E-state index contributed by atoms with van der Waals surface area (Å²) in [6.45, 7) is 9.08. The fourth-order valence-corrected chi connectivity index (χ4v) is 2.42. The maximum absolute atomic E-state index is 6.35. The molecule has 2 atom stereocenters. The molecule has 0 bridgehead atoms. The van der Waals surface area contributed by atoms with E-state index in [1.807, 2.05) is 0 Å². The van der Waals surface area contributed by atoms with Gasteiger partial charge in [-0.25, -0.2) is 0 Å². The lowest BCUT2D eigenvalue weighted by Crippen LogP contribution is -2.42. The number of hydrogen-bond donors (Lipinski definition) is 1. The highest BCUT2D eigenvalue weighted by Gasteiger charge is 2.24. The molecule has 1 aromatic rings. The number of methoxy groups -OCH3 is 1. The Morgan fingerprint density at radius 2 is 1.84 bits per heavy atom. The van der Waals surface area contributed by atoms with Gasteiger partial charge < -0.3 is 10.5 Å². The fraction of sp³-hybridized carbons (Fsp3) is 0.625. The van der Waals surface area contributed by atoms with Crippen LogP contribution in [-0.4, -0.2) is 37.7 Å². The first-order valence-corrected chi connectivity index (χ1v) is 7.19. The monoisotopic (exact) mass is 264 g/mol. The molecule has 0 aliphatic rings. The Hall–Kier alpha value is -0.900. The van der Waals surface area contributed by atoms with Crippen molar-refractivity contribution in [2.75, 3.05) is 26.8 Å². The average molecular weight is 264 g/mol. The van der Waals surface area contributed by atoms with Crippen LogP contribution in [0.25, 0.3) is 0 Å². The lowest BCUT2D eigenvalue weighted by atomic mass is 9.95. The van der Waals surface area contributed by atoms with Crippen LogP contribution in [0.2, 0.25) is 0 Å². The van der Waals surface area contributed by atoms with Crippen LogP contribution in [0.4, 0.5) is 0 Å². The molecule has 0 aromatic heterocycles. The van der Waals surface area contributed by atoms with E-state index in [1.165, 1.54) is 11.1 Å². The Bertz CT molecular complexity index is 350. The first kappa shape index (κ1) is 16.2. The summed E-state index contributed by atoms with van der Waals surface area (Å²) in [6, 6.07) is 9.14. The van der Waals surface area contributed by atoms with Crippen molar-refractivity contribution >= 4 is 0 Å². The number of rotatable bonds is 8. The maximum atomic E-state index is 6.35. The zero-order valence-corrected chi connectivity index (χ0v) is 12.7. The van der Waals surface area contributed by atoms with Gasteiger partial charge in [-0.2, -0.15) is 0 Å². The van der Waals surface area contributed by atoms with Crippen LogP contribution in [0, 0.1) is 6.92 Å². The molecule has 2 unspecified atom stereocenters. The van der Waals surface area contributed by atoms with Crippen LogP contribution in [0.15, 0.2) is 24.3 Å². The Labute approximate surface area is 117 Å². The first-order valence-electron chi connectivity index (χ1n) is 7.19. The number of nitrogens with zero attached hydrogens (tertiary/aromatic N) is 1. The molecule has 1 rings (SSSR count). The topological polar surface area (TPSA) is 38.5 Å². The number of likely N-dealkylation sites (N-methyl/N-ethyl adjacent to an activating group) is 1. The quantitative estimate of drug-likeness (QED) is 0.784. The van der Waals surface area contributed by atoms with Crippen molar-refractivity contribution in [3.05, 3.63) is 35.4 Å². The van der Waals surface area contributed by atoms with Crippen molar-refractivity contribution in [1.29, 1.82) is 0 Å². The second kappa shape index (κ2) is 8.31. The smallest absolute Gasteiger partial charge is 0.0589 e. The third kappa shape index (κ3) is 4.60. The molecule has 0 aliphatic heterocycles. The van der Waals surface area contributed by atoms with Crippen LogP contribution in [-0.2, 0) is 4.74 Å². The molecule has 19 heavy (non-hydrogen) atoms. The van der Waals surface area contributed by atoms with Gasteiger partial charge in [0.25, 0.3) is 0 Å². The minimum atomic E-state index is 0.152. The van der Waals surface area contributed by atoms with Crippen molar-refractivity contribution in [3.63, 3.8) is 0 Å². The number of hydrogen-bond acceptors (Lipinski definition) is 3. The Morgan fingerprint density at radius 3 is 2.32 bits per heavy atom. The van der Waals surface area contributed by atoms with E-state index in [1.54, 1.807) is 7.11 Å². The maximum Gasteiger partial charge on any atom is 0.0589 e. The Kier molecular flexibility index (Phi) is 7.06. The lowest BCUT2D eigenvalue weighted by Gasteiger charge is -2.35. The van der Waals surface area contributed by atoms with Crippen molar-refractivity contribution in [1.82, 2.24) is 4.90 Å². The molecule has 0 saturated carbocycles. The highest BCUT2D eigenvalue weighted by atomic mass is 16.5. The highest BCUT2D eigenvalue weighted by Crippen LogP contribution is 2.25. The number of ether oxygens (including phenoxy) is 1. The van der Waals surface area contributed by atoms with E-state index < -0.39 is 0 Å². The van der Waals surface area contributed by atoms with Gasteiger partial charge >= 0.3 is 0 Å². The minimum Gasteiger partial charge on any atom is -0.383 e. The summed E-state index contributed by atoms with van der Waals surface area (Å²) in [4.78, 5) is 2.41.